The summed E-state index contributed by atoms with van der Waals surface area (Å²) < 4.78 is 0. The Kier molecular flexibility index (Phi) is 5.14. The summed E-state index contributed by atoms with van der Waals surface area (Å²) in [7, 11) is 2.08. The van der Waals surface area contributed by atoms with Gasteiger partial charge in [0.2, 0.25) is 0 Å². The first-order valence-electron chi connectivity index (χ1n) is 7.21. The molecule has 2 aromatic rings. The van der Waals surface area contributed by atoms with Gasteiger partial charge in [-0.2, -0.15) is 0 Å². The summed E-state index contributed by atoms with van der Waals surface area (Å²) in [5.41, 5.74) is 1.85. The smallest absolute Gasteiger partial charge is 0.0897 e. The van der Waals surface area contributed by atoms with Crippen LogP contribution in [0.2, 0.25) is 0 Å². The minimum atomic E-state index is -0.474. The van der Waals surface area contributed by atoms with Crippen molar-refractivity contribution in [1.82, 2.24) is 9.88 Å². The van der Waals surface area contributed by atoms with Crippen molar-refractivity contribution in [3.8, 4) is 0 Å². The van der Waals surface area contributed by atoms with Gasteiger partial charge >= 0.3 is 0 Å². The Bertz CT molecular complexity index is 565. The van der Waals surface area contributed by atoms with Gasteiger partial charge in [0.1, 0.15) is 0 Å². The number of aryl methyl sites for hydroxylation is 1. The number of aliphatic hydroxyl groups is 1. The van der Waals surface area contributed by atoms with E-state index < -0.39 is 6.10 Å². The highest BCUT2D eigenvalue weighted by Gasteiger charge is 2.30. The van der Waals surface area contributed by atoms with Crippen molar-refractivity contribution in [2.45, 2.75) is 33.4 Å². The quantitative estimate of drug-likeness (QED) is 0.885. The van der Waals surface area contributed by atoms with Crippen molar-refractivity contribution in [2.24, 2.45) is 5.41 Å². The number of benzene rings is 1. The Balaban J connectivity index is 1.99. The Labute approximate surface area is 131 Å². The summed E-state index contributed by atoms with van der Waals surface area (Å²) in [6.07, 6.45) is -0.474. The maximum absolute atomic E-state index is 10.6. The fraction of sp³-hybridized carbons (Fsp3) is 0.471. The Morgan fingerprint density at radius 1 is 1.29 bits per heavy atom. The highest BCUT2D eigenvalue weighted by molar-refractivity contribution is 7.09. The molecule has 1 aromatic heterocycles. The van der Waals surface area contributed by atoms with Gasteiger partial charge in [0, 0.05) is 23.9 Å². The van der Waals surface area contributed by atoms with Gasteiger partial charge in [-0.05, 0) is 19.5 Å². The Morgan fingerprint density at radius 3 is 2.52 bits per heavy atom. The number of nitrogens with zero attached hydrogens (tertiary/aromatic N) is 2. The molecule has 0 fully saturated rings. The average molecular weight is 304 g/mol. The molecule has 0 spiro atoms. The van der Waals surface area contributed by atoms with Crippen LogP contribution in [0.25, 0.3) is 0 Å². The van der Waals surface area contributed by atoms with E-state index in [1.54, 1.807) is 11.3 Å². The number of rotatable bonds is 6. The van der Waals surface area contributed by atoms with E-state index in [1.165, 1.54) is 0 Å². The third-order valence-corrected chi connectivity index (χ3v) is 4.45. The van der Waals surface area contributed by atoms with Crippen LogP contribution in [0.5, 0.6) is 0 Å². The zero-order chi connectivity index (χ0) is 15.5. The van der Waals surface area contributed by atoms with Crippen molar-refractivity contribution in [2.75, 3.05) is 13.6 Å². The molecule has 2 rings (SSSR count). The summed E-state index contributed by atoms with van der Waals surface area (Å²) in [6.45, 7) is 7.85. The fourth-order valence-electron chi connectivity index (χ4n) is 2.68. The number of aromatic nitrogens is 1. The van der Waals surface area contributed by atoms with Gasteiger partial charge < -0.3 is 5.11 Å². The lowest BCUT2D eigenvalue weighted by Crippen LogP contribution is -2.35. The van der Waals surface area contributed by atoms with E-state index in [2.05, 4.69) is 36.2 Å². The molecule has 0 amide bonds. The number of hydrogen-bond acceptors (Lipinski definition) is 4. The van der Waals surface area contributed by atoms with Crippen molar-refractivity contribution < 1.29 is 5.11 Å². The van der Waals surface area contributed by atoms with Gasteiger partial charge in [0.25, 0.3) is 0 Å². The zero-order valence-electron chi connectivity index (χ0n) is 13.2. The molecule has 114 valence electrons. The molecule has 0 saturated heterocycles. The number of hydrogen-bond donors (Lipinski definition) is 1. The number of thiazole rings is 1. The van der Waals surface area contributed by atoms with E-state index >= 15 is 0 Å². The van der Waals surface area contributed by atoms with Crippen LogP contribution in [0, 0.1) is 12.3 Å². The SMILES string of the molecule is Cc1nc(CN(C)CC(C)(C)C(O)c2ccccc2)cs1. The molecule has 0 aliphatic carbocycles. The third kappa shape index (κ3) is 4.37. The lowest BCUT2D eigenvalue weighted by atomic mass is 9.82. The lowest BCUT2D eigenvalue weighted by molar-refractivity contribution is 0.0242. The van der Waals surface area contributed by atoms with Crippen LogP contribution in [0.1, 0.15) is 36.2 Å². The summed E-state index contributed by atoms with van der Waals surface area (Å²) >= 11 is 1.68. The number of aliphatic hydroxyl groups excluding tert-OH is 1. The van der Waals surface area contributed by atoms with Gasteiger partial charge in [-0.3, -0.25) is 4.90 Å². The minimum absolute atomic E-state index is 0.221. The standard InChI is InChI=1S/C17H24N2OS/c1-13-18-15(11-21-13)10-19(4)12-17(2,3)16(20)14-8-6-5-7-9-14/h5-9,11,16,20H,10,12H2,1-4H3. The first-order chi connectivity index (χ1) is 9.88. The Hall–Kier alpha value is -1.23. The van der Waals surface area contributed by atoms with Crippen LogP contribution in [0.3, 0.4) is 0 Å². The van der Waals surface area contributed by atoms with Crippen LogP contribution in [-0.4, -0.2) is 28.6 Å². The van der Waals surface area contributed by atoms with Gasteiger partial charge in [-0.25, -0.2) is 4.98 Å². The molecule has 4 heteroatoms. The van der Waals surface area contributed by atoms with Gasteiger partial charge in [-0.15, -0.1) is 11.3 Å². The largest absolute Gasteiger partial charge is 0.388 e. The third-order valence-electron chi connectivity index (χ3n) is 3.63. The summed E-state index contributed by atoms with van der Waals surface area (Å²) in [5, 5.41) is 13.8. The molecular formula is C17H24N2OS. The lowest BCUT2D eigenvalue weighted by Gasteiger charge is -2.34. The van der Waals surface area contributed by atoms with Crippen LogP contribution in [-0.2, 0) is 6.54 Å². The van der Waals surface area contributed by atoms with E-state index in [-0.39, 0.29) is 5.41 Å². The van der Waals surface area contributed by atoms with Crippen molar-refractivity contribution >= 4 is 11.3 Å². The van der Waals surface area contributed by atoms with E-state index in [9.17, 15) is 5.11 Å². The van der Waals surface area contributed by atoms with Gasteiger partial charge in [-0.1, -0.05) is 44.2 Å². The molecular weight excluding hydrogens is 280 g/mol. The topological polar surface area (TPSA) is 36.4 Å². The van der Waals surface area contributed by atoms with E-state index in [1.807, 2.05) is 37.3 Å². The molecule has 1 heterocycles. The molecule has 1 aromatic carbocycles. The van der Waals surface area contributed by atoms with Gasteiger partial charge in [0.05, 0.1) is 16.8 Å². The van der Waals surface area contributed by atoms with Crippen LogP contribution >= 0.6 is 11.3 Å². The first kappa shape index (κ1) is 16.1. The van der Waals surface area contributed by atoms with E-state index in [4.69, 9.17) is 0 Å². The second kappa shape index (κ2) is 6.69. The highest BCUT2D eigenvalue weighted by atomic mass is 32.1. The fourth-order valence-corrected chi connectivity index (χ4v) is 3.29. The molecule has 1 N–H and O–H groups in total. The molecule has 0 aliphatic rings. The second-order valence-corrected chi connectivity index (χ2v) is 7.39. The molecule has 21 heavy (non-hydrogen) atoms. The molecule has 0 radical (unpaired) electrons. The maximum Gasteiger partial charge on any atom is 0.0897 e. The van der Waals surface area contributed by atoms with Gasteiger partial charge in [0.15, 0.2) is 0 Å². The minimum Gasteiger partial charge on any atom is -0.388 e. The molecule has 0 aliphatic heterocycles. The van der Waals surface area contributed by atoms with Crippen LogP contribution in [0.4, 0.5) is 0 Å². The molecule has 0 bridgehead atoms. The second-order valence-electron chi connectivity index (χ2n) is 6.33. The van der Waals surface area contributed by atoms with E-state index in [0.29, 0.717) is 0 Å². The molecule has 1 atom stereocenters. The molecule has 3 nitrogen and oxygen atoms in total. The van der Waals surface area contributed by atoms with Crippen molar-refractivity contribution in [3.63, 3.8) is 0 Å². The summed E-state index contributed by atoms with van der Waals surface area (Å²) in [4.78, 5) is 6.72. The van der Waals surface area contributed by atoms with Crippen molar-refractivity contribution in [1.29, 1.82) is 0 Å². The molecule has 0 saturated carbocycles. The molecule has 1 unspecified atom stereocenters. The zero-order valence-corrected chi connectivity index (χ0v) is 14.0. The maximum atomic E-state index is 10.6. The summed E-state index contributed by atoms with van der Waals surface area (Å²) in [5.74, 6) is 0. The monoisotopic (exact) mass is 304 g/mol. The Morgan fingerprint density at radius 2 is 1.95 bits per heavy atom. The van der Waals surface area contributed by atoms with E-state index in [0.717, 1.165) is 29.4 Å². The van der Waals surface area contributed by atoms with Crippen LogP contribution < -0.4 is 0 Å². The normalized spacial score (nSPS) is 13.6. The van der Waals surface area contributed by atoms with Crippen LogP contribution in [0.15, 0.2) is 35.7 Å². The summed E-state index contributed by atoms with van der Waals surface area (Å²) in [6, 6.07) is 9.87. The predicted molar refractivity (Wildman–Crippen MR) is 88.4 cm³/mol. The highest BCUT2D eigenvalue weighted by Crippen LogP contribution is 2.34. The first-order valence-corrected chi connectivity index (χ1v) is 8.09. The average Bonchev–Trinajstić information content (AvgIpc) is 2.83. The van der Waals surface area contributed by atoms with Crippen molar-refractivity contribution in [3.05, 3.63) is 52.0 Å². The predicted octanol–water partition coefficient (Wildman–Crippen LogP) is 3.64.